The molecule has 1 aliphatic rings. The van der Waals surface area contributed by atoms with Crippen molar-refractivity contribution >= 4 is 16.0 Å². The molecular weight excluding hydrogens is 346 g/mol. The number of esters is 1. The van der Waals surface area contributed by atoms with Crippen LogP contribution < -0.4 is 0 Å². The van der Waals surface area contributed by atoms with Crippen LogP contribution in [0.3, 0.4) is 0 Å². The molecule has 2 aromatic rings. The lowest BCUT2D eigenvalue weighted by molar-refractivity contribution is 0.0516. The van der Waals surface area contributed by atoms with Gasteiger partial charge in [0.2, 0.25) is 10.0 Å². The first-order chi connectivity index (χ1) is 11.8. The number of nitrogens with zero attached hydrogens (tertiary/aromatic N) is 4. The summed E-state index contributed by atoms with van der Waals surface area (Å²) in [7, 11) is -1.97. The zero-order chi connectivity index (χ0) is 18.4. The van der Waals surface area contributed by atoms with E-state index in [2.05, 4.69) is 15.3 Å². The summed E-state index contributed by atoms with van der Waals surface area (Å²) in [5.74, 6) is -0.533. The highest BCUT2D eigenvalue weighted by molar-refractivity contribution is 7.89. The summed E-state index contributed by atoms with van der Waals surface area (Å²) in [5, 5.41) is 10.9. The Labute approximate surface area is 146 Å². The zero-order valence-corrected chi connectivity index (χ0v) is 15.5. The van der Waals surface area contributed by atoms with Crippen LogP contribution in [0.2, 0.25) is 0 Å². The number of H-pyrrole nitrogens is 1. The molecule has 0 bridgehead atoms. The van der Waals surface area contributed by atoms with Gasteiger partial charge in [0.05, 0.1) is 18.0 Å². The molecule has 0 saturated heterocycles. The second kappa shape index (κ2) is 6.26. The molecular formula is C15H21N5O4S. The smallest absolute Gasteiger partial charge is 0.359 e. The number of sulfonamides is 1. The fourth-order valence-electron chi connectivity index (χ4n) is 3.19. The minimum atomic E-state index is -3.72. The van der Waals surface area contributed by atoms with Crippen LogP contribution in [0.25, 0.3) is 0 Å². The molecule has 0 fully saturated rings. The number of carbonyl (C=O) groups is 1. The van der Waals surface area contributed by atoms with Gasteiger partial charge in [0.15, 0.2) is 5.69 Å². The van der Waals surface area contributed by atoms with Crippen LogP contribution in [0.15, 0.2) is 4.90 Å². The summed E-state index contributed by atoms with van der Waals surface area (Å²) < 4.78 is 34.1. The van der Waals surface area contributed by atoms with Crippen LogP contribution >= 0.6 is 0 Å². The Morgan fingerprint density at radius 2 is 2.08 bits per heavy atom. The van der Waals surface area contributed by atoms with Gasteiger partial charge >= 0.3 is 5.97 Å². The molecule has 0 amide bonds. The van der Waals surface area contributed by atoms with Gasteiger partial charge in [-0.2, -0.15) is 14.5 Å². The fourth-order valence-corrected chi connectivity index (χ4v) is 4.93. The Kier molecular flexibility index (Phi) is 4.41. The highest BCUT2D eigenvalue weighted by atomic mass is 32.2. The first-order valence-electron chi connectivity index (χ1n) is 8.01. The van der Waals surface area contributed by atoms with Crippen molar-refractivity contribution < 1.29 is 17.9 Å². The predicted molar refractivity (Wildman–Crippen MR) is 88.5 cm³/mol. The molecule has 136 valence electrons. The standard InChI is InChI=1S/C15H21N5O4S/c1-5-24-15(21)13-11-8-20(7-6-12(11)19(4)18-13)25(22,23)14-9(2)16-17-10(14)3/h5-8H2,1-4H3,(H,16,17). The summed E-state index contributed by atoms with van der Waals surface area (Å²) in [5.41, 5.74) is 2.57. The van der Waals surface area contributed by atoms with Gasteiger partial charge in [0.25, 0.3) is 0 Å². The number of nitrogens with one attached hydrogen (secondary N) is 1. The molecule has 1 aliphatic heterocycles. The lowest BCUT2D eigenvalue weighted by atomic mass is 10.1. The molecule has 0 atom stereocenters. The highest BCUT2D eigenvalue weighted by Crippen LogP contribution is 2.29. The van der Waals surface area contributed by atoms with Crippen LogP contribution in [-0.4, -0.2) is 51.8 Å². The van der Waals surface area contributed by atoms with Crippen molar-refractivity contribution in [2.24, 2.45) is 7.05 Å². The van der Waals surface area contributed by atoms with Gasteiger partial charge in [-0.1, -0.05) is 0 Å². The van der Waals surface area contributed by atoms with Crippen molar-refractivity contribution in [3.63, 3.8) is 0 Å². The molecule has 10 heteroatoms. The van der Waals surface area contributed by atoms with Crippen LogP contribution in [0.4, 0.5) is 0 Å². The van der Waals surface area contributed by atoms with Crippen LogP contribution in [0.5, 0.6) is 0 Å². The van der Waals surface area contributed by atoms with E-state index in [9.17, 15) is 13.2 Å². The average Bonchev–Trinajstić information content (AvgIpc) is 3.07. The minimum absolute atomic E-state index is 0.0870. The van der Waals surface area contributed by atoms with Crippen LogP contribution in [0, 0.1) is 13.8 Å². The van der Waals surface area contributed by atoms with Gasteiger partial charge in [-0.15, -0.1) is 0 Å². The molecule has 0 spiro atoms. The van der Waals surface area contributed by atoms with Crippen molar-refractivity contribution in [1.82, 2.24) is 24.3 Å². The normalized spacial score (nSPS) is 15.2. The maximum atomic E-state index is 13.0. The molecule has 2 aromatic heterocycles. The van der Waals surface area contributed by atoms with Crippen molar-refractivity contribution in [1.29, 1.82) is 0 Å². The van der Waals surface area contributed by atoms with E-state index in [1.165, 1.54) is 4.31 Å². The van der Waals surface area contributed by atoms with E-state index >= 15 is 0 Å². The Hall–Kier alpha value is -2.20. The quantitative estimate of drug-likeness (QED) is 0.796. The number of rotatable bonds is 4. The number of hydrogen-bond acceptors (Lipinski definition) is 6. The molecule has 3 rings (SSSR count). The van der Waals surface area contributed by atoms with Gasteiger partial charge < -0.3 is 4.74 Å². The topological polar surface area (TPSA) is 110 Å². The molecule has 9 nitrogen and oxygen atoms in total. The van der Waals surface area contributed by atoms with Gasteiger partial charge in [-0.25, -0.2) is 13.2 Å². The second-order valence-corrected chi connectivity index (χ2v) is 7.84. The molecule has 0 saturated carbocycles. The van der Waals surface area contributed by atoms with E-state index in [1.807, 2.05) is 0 Å². The van der Waals surface area contributed by atoms with Crippen molar-refractivity contribution in [3.05, 3.63) is 28.3 Å². The summed E-state index contributed by atoms with van der Waals surface area (Å²) in [6.45, 7) is 5.69. The maximum absolute atomic E-state index is 13.0. The molecule has 1 N–H and O–H groups in total. The Morgan fingerprint density at radius 3 is 2.68 bits per heavy atom. The molecule has 3 heterocycles. The molecule has 0 aromatic carbocycles. The van der Waals surface area contributed by atoms with Crippen molar-refractivity contribution in [2.75, 3.05) is 13.2 Å². The first kappa shape index (κ1) is 17.6. The summed E-state index contributed by atoms with van der Waals surface area (Å²) in [6, 6.07) is 0. The highest BCUT2D eigenvalue weighted by Gasteiger charge is 2.36. The summed E-state index contributed by atoms with van der Waals surface area (Å²) in [4.78, 5) is 12.3. The summed E-state index contributed by atoms with van der Waals surface area (Å²) in [6.07, 6.45) is 0.480. The third-order valence-corrected chi connectivity index (χ3v) is 6.44. The number of carbonyl (C=O) groups excluding carboxylic acids is 1. The fraction of sp³-hybridized carbons (Fsp3) is 0.533. The average molecular weight is 367 g/mol. The lowest BCUT2D eigenvalue weighted by Crippen LogP contribution is -2.37. The largest absolute Gasteiger partial charge is 0.461 e. The van der Waals surface area contributed by atoms with Gasteiger partial charge in [-0.3, -0.25) is 9.78 Å². The van der Waals surface area contributed by atoms with Crippen LogP contribution in [0.1, 0.15) is 40.1 Å². The van der Waals surface area contributed by atoms with Gasteiger partial charge in [-0.05, 0) is 20.8 Å². The van der Waals surface area contributed by atoms with Crippen LogP contribution in [-0.2, 0) is 34.8 Å². The van der Waals surface area contributed by atoms with E-state index < -0.39 is 16.0 Å². The predicted octanol–water partition coefficient (Wildman–Crippen LogP) is 0.684. The third-order valence-electron chi connectivity index (χ3n) is 4.33. The van der Waals surface area contributed by atoms with E-state index in [0.717, 1.165) is 5.69 Å². The summed E-state index contributed by atoms with van der Waals surface area (Å²) >= 11 is 0. The number of hydrogen-bond donors (Lipinski definition) is 1. The number of aryl methyl sites for hydroxylation is 3. The number of ether oxygens (including phenoxy) is 1. The van der Waals surface area contributed by atoms with Gasteiger partial charge in [0, 0.05) is 37.8 Å². The molecule has 0 radical (unpaired) electrons. The minimum Gasteiger partial charge on any atom is -0.461 e. The van der Waals surface area contributed by atoms with E-state index in [0.29, 0.717) is 29.9 Å². The van der Waals surface area contributed by atoms with Crippen molar-refractivity contribution in [3.8, 4) is 0 Å². The Morgan fingerprint density at radius 1 is 1.36 bits per heavy atom. The monoisotopic (exact) mass is 367 g/mol. The number of fused-ring (bicyclic) bond motifs is 1. The third kappa shape index (κ3) is 2.85. The Bertz CT molecular complexity index is 909. The molecule has 0 unspecified atom stereocenters. The van der Waals surface area contributed by atoms with Gasteiger partial charge in [0.1, 0.15) is 4.90 Å². The Balaban J connectivity index is 1.99. The lowest BCUT2D eigenvalue weighted by Gasteiger charge is -2.26. The van der Waals surface area contributed by atoms with E-state index in [4.69, 9.17) is 4.74 Å². The maximum Gasteiger partial charge on any atom is 0.359 e. The SMILES string of the molecule is CCOC(=O)c1nn(C)c2c1CN(S(=O)(=O)c1c(C)n[nH]c1C)CC2. The van der Waals surface area contributed by atoms with Crippen molar-refractivity contribution in [2.45, 2.75) is 38.6 Å². The number of aromatic nitrogens is 4. The van der Waals surface area contributed by atoms with E-state index in [1.54, 1.807) is 32.5 Å². The zero-order valence-electron chi connectivity index (χ0n) is 14.7. The second-order valence-electron chi connectivity index (χ2n) is 5.97. The molecule has 0 aliphatic carbocycles. The van der Waals surface area contributed by atoms with E-state index in [-0.39, 0.29) is 23.7 Å². The molecule has 25 heavy (non-hydrogen) atoms. The number of aromatic amines is 1. The first-order valence-corrected chi connectivity index (χ1v) is 9.45.